The molecule has 0 aliphatic heterocycles. The van der Waals surface area contributed by atoms with Crippen molar-refractivity contribution in [3.63, 3.8) is 0 Å². The van der Waals surface area contributed by atoms with Crippen LogP contribution < -0.4 is 15.5 Å². The van der Waals surface area contributed by atoms with E-state index in [0.717, 1.165) is 43.2 Å². The third-order valence-corrected chi connectivity index (χ3v) is 6.73. The van der Waals surface area contributed by atoms with Crippen molar-refractivity contribution in [1.82, 2.24) is 10.3 Å². The Hall–Kier alpha value is -4.00. The fraction of sp³-hybridized carbons (Fsp3) is 0.333. The molecule has 4 rings (SSSR count). The van der Waals surface area contributed by atoms with Crippen LogP contribution in [-0.2, 0) is 16.0 Å². The van der Waals surface area contributed by atoms with Crippen molar-refractivity contribution in [3.8, 4) is 0 Å². The van der Waals surface area contributed by atoms with Gasteiger partial charge < -0.3 is 10.6 Å². The van der Waals surface area contributed by atoms with Crippen LogP contribution in [0.1, 0.15) is 73.6 Å². The van der Waals surface area contributed by atoms with Crippen LogP contribution >= 0.6 is 0 Å². The lowest BCUT2D eigenvalue weighted by Gasteiger charge is -2.33. The number of amides is 3. The summed E-state index contributed by atoms with van der Waals surface area (Å²) in [5.41, 5.74) is 3.26. The Morgan fingerprint density at radius 3 is 2.24 bits per heavy atom. The molecule has 0 saturated heterocycles. The molecule has 0 radical (unpaired) electrons. The van der Waals surface area contributed by atoms with Crippen molar-refractivity contribution in [2.24, 2.45) is 0 Å². The number of benzene rings is 2. The zero-order chi connectivity index (χ0) is 26.2. The van der Waals surface area contributed by atoms with Crippen LogP contribution in [-0.4, -0.2) is 28.7 Å². The molecule has 2 N–H and O–H groups in total. The lowest BCUT2D eigenvalue weighted by Crippen LogP contribution is -2.47. The number of anilines is 2. The summed E-state index contributed by atoms with van der Waals surface area (Å²) in [5, 5.41) is 5.98. The largest absolute Gasteiger partial charge is 0.351 e. The van der Waals surface area contributed by atoms with Gasteiger partial charge in [0, 0.05) is 30.5 Å². The standard InChI is InChI=1S/C30H34N4O3/c1-3-22-12-14-23(15-13-22)28(29(36)33-24-9-5-4-6-10-24)34(30(37)27-11-7-8-20-31-27)26-18-16-25(17-19-26)32-21(2)35/h7-8,11-20,24,28H,3-6,9-10H2,1-2H3,(H,32,35)(H,33,36)/t28-/m1/s1. The summed E-state index contributed by atoms with van der Waals surface area (Å²) in [6.07, 6.45) is 7.67. The maximum Gasteiger partial charge on any atom is 0.277 e. The smallest absolute Gasteiger partial charge is 0.277 e. The van der Waals surface area contributed by atoms with Crippen molar-refractivity contribution in [1.29, 1.82) is 0 Å². The number of aromatic nitrogens is 1. The molecule has 0 spiro atoms. The van der Waals surface area contributed by atoms with Crippen LogP contribution in [0.5, 0.6) is 0 Å². The van der Waals surface area contributed by atoms with Crippen molar-refractivity contribution < 1.29 is 14.4 Å². The summed E-state index contributed by atoms with van der Waals surface area (Å²) in [6.45, 7) is 3.52. The molecule has 0 bridgehead atoms. The minimum atomic E-state index is -0.894. The van der Waals surface area contributed by atoms with Gasteiger partial charge in [-0.15, -0.1) is 0 Å². The molecule has 3 amide bonds. The Labute approximate surface area is 218 Å². The monoisotopic (exact) mass is 498 g/mol. The molecule has 1 heterocycles. The van der Waals surface area contributed by atoms with E-state index in [-0.39, 0.29) is 29.5 Å². The fourth-order valence-electron chi connectivity index (χ4n) is 4.79. The minimum Gasteiger partial charge on any atom is -0.351 e. The zero-order valence-electron chi connectivity index (χ0n) is 21.4. The molecular weight excluding hydrogens is 464 g/mol. The second kappa shape index (κ2) is 12.3. The summed E-state index contributed by atoms with van der Waals surface area (Å²) in [7, 11) is 0. The molecule has 1 fully saturated rings. The van der Waals surface area contributed by atoms with Gasteiger partial charge in [0.25, 0.3) is 5.91 Å². The number of hydrogen-bond acceptors (Lipinski definition) is 4. The summed E-state index contributed by atoms with van der Waals surface area (Å²) in [4.78, 5) is 45.2. The van der Waals surface area contributed by atoms with Crippen LogP contribution in [0.2, 0.25) is 0 Å². The van der Waals surface area contributed by atoms with Gasteiger partial charge in [-0.3, -0.25) is 24.3 Å². The highest BCUT2D eigenvalue weighted by atomic mass is 16.2. The van der Waals surface area contributed by atoms with Crippen LogP contribution in [0.15, 0.2) is 72.9 Å². The fourth-order valence-corrected chi connectivity index (χ4v) is 4.79. The molecule has 1 atom stereocenters. The highest BCUT2D eigenvalue weighted by Gasteiger charge is 2.35. The van der Waals surface area contributed by atoms with Gasteiger partial charge in [-0.05, 0) is 66.8 Å². The first-order chi connectivity index (χ1) is 18.0. The van der Waals surface area contributed by atoms with E-state index >= 15 is 0 Å². The number of pyridine rings is 1. The maximum atomic E-state index is 14.0. The van der Waals surface area contributed by atoms with E-state index in [9.17, 15) is 14.4 Å². The Morgan fingerprint density at radius 2 is 1.65 bits per heavy atom. The Morgan fingerprint density at radius 1 is 0.946 bits per heavy atom. The number of nitrogens with zero attached hydrogens (tertiary/aromatic N) is 2. The Bertz CT molecular complexity index is 1200. The number of carbonyl (C=O) groups is 3. The number of carbonyl (C=O) groups excluding carboxylic acids is 3. The first-order valence-corrected chi connectivity index (χ1v) is 13.0. The summed E-state index contributed by atoms with van der Waals surface area (Å²) in [6, 6.07) is 19.1. The predicted octanol–water partition coefficient (Wildman–Crippen LogP) is 5.44. The second-order valence-corrected chi connectivity index (χ2v) is 9.46. The molecule has 7 nitrogen and oxygen atoms in total. The molecule has 7 heteroatoms. The Balaban J connectivity index is 1.78. The molecule has 1 aromatic heterocycles. The highest BCUT2D eigenvalue weighted by molar-refractivity contribution is 6.09. The van der Waals surface area contributed by atoms with E-state index < -0.39 is 6.04 Å². The molecule has 2 aromatic carbocycles. The van der Waals surface area contributed by atoms with Crippen LogP contribution in [0, 0.1) is 0 Å². The third-order valence-electron chi connectivity index (χ3n) is 6.73. The SMILES string of the molecule is CCc1ccc([C@H](C(=O)NC2CCCCC2)N(C(=O)c2ccccn2)c2ccc(NC(C)=O)cc2)cc1. The van der Waals surface area contributed by atoms with Gasteiger partial charge in [0.05, 0.1) is 0 Å². The average molecular weight is 499 g/mol. The van der Waals surface area contributed by atoms with Gasteiger partial charge in [-0.25, -0.2) is 0 Å². The molecular formula is C30H34N4O3. The molecule has 1 aliphatic carbocycles. The topological polar surface area (TPSA) is 91.4 Å². The van der Waals surface area contributed by atoms with Gasteiger partial charge in [-0.2, -0.15) is 0 Å². The van der Waals surface area contributed by atoms with Gasteiger partial charge >= 0.3 is 0 Å². The van der Waals surface area contributed by atoms with Crippen LogP contribution in [0.25, 0.3) is 0 Å². The first kappa shape index (κ1) is 26.1. The molecule has 192 valence electrons. The summed E-state index contributed by atoms with van der Waals surface area (Å²) in [5.74, 6) is -0.780. The van der Waals surface area contributed by atoms with Crippen molar-refractivity contribution in [2.75, 3.05) is 10.2 Å². The van der Waals surface area contributed by atoms with E-state index in [0.29, 0.717) is 11.4 Å². The van der Waals surface area contributed by atoms with Crippen molar-refractivity contribution in [2.45, 2.75) is 64.5 Å². The molecule has 1 saturated carbocycles. The molecule has 37 heavy (non-hydrogen) atoms. The minimum absolute atomic E-state index is 0.0904. The third kappa shape index (κ3) is 6.61. The highest BCUT2D eigenvalue weighted by Crippen LogP contribution is 2.31. The summed E-state index contributed by atoms with van der Waals surface area (Å²) >= 11 is 0. The lowest BCUT2D eigenvalue weighted by atomic mass is 9.94. The van der Waals surface area contributed by atoms with Gasteiger partial charge in [0.2, 0.25) is 11.8 Å². The number of rotatable bonds is 8. The first-order valence-electron chi connectivity index (χ1n) is 13.0. The number of nitrogens with one attached hydrogen (secondary N) is 2. The predicted molar refractivity (Wildman–Crippen MR) is 145 cm³/mol. The van der Waals surface area contributed by atoms with Crippen molar-refractivity contribution >= 4 is 29.1 Å². The Kier molecular flexibility index (Phi) is 8.67. The van der Waals surface area contributed by atoms with Gasteiger partial charge in [-0.1, -0.05) is 56.5 Å². The average Bonchev–Trinajstić information content (AvgIpc) is 2.93. The quantitative estimate of drug-likeness (QED) is 0.433. The van der Waals surface area contributed by atoms with E-state index in [2.05, 4.69) is 22.5 Å². The van der Waals surface area contributed by atoms with E-state index in [4.69, 9.17) is 0 Å². The van der Waals surface area contributed by atoms with E-state index in [1.54, 1.807) is 48.7 Å². The number of aryl methyl sites for hydroxylation is 1. The van der Waals surface area contributed by atoms with Gasteiger partial charge in [0.15, 0.2) is 0 Å². The molecule has 1 aliphatic rings. The summed E-state index contributed by atoms with van der Waals surface area (Å²) < 4.78 is 0. The molecule has 0 unspecified atom stereocenters. The lowest BCUT2D eigenvalue weighted by molar-refractivity contribution is -0.123. The normalized spacial score (nSPS) is 14.4. The van der Waals surface area contributed by atoms with Crippen molar-refractivity contribution in [3.05, 3.63) is 89.7 Å². The van der Waals surface area contributed by atoms with Crippen LogP contribution in [0.4, 0.5) is 11.4 Å². The van der Waals surface area contributed by atoms with Gasteiger partial charge in [0.1, 0.15) is 11.7 Å². The van der Waals surface area contributed by atoms with Crippen LogP contribution in [0.3, 0.4) is 0 Å². The maximum absolute atomic E-state index is 14.0. The second-order valence-electron chi connectivity index (χ2n) is 9.46. The number of hydrogen-bond donors (Lipinski definition) is 2. The van der Waals surface area contributed by atoms with E-state index in [1.165, 1.54) is 18.2 Å². The zero-order valence-corrected chi connectivity index (χ0v) is 21.4. The van der Waals surface area contributed by atoms with E-state index in [1.807, 2.05) is 24.3 Å². The molecule has 3 aromatic rings.